The lowest BCUT2D eigenvalue weighted by atomic mass is 9.98. The Bertz CT molecular complexity index is 148. The summed E-state index contributed by atoms with van der Waals surface area (Å²) in [6.07, 6.45) is 3.21. The van der Waals surface area contributed by atoms with Crippen LogP contribution in [0.25, 0.3) is 0 Å². The molecule has 0 fully saturated rings. The average molecular weight is 186 g/mol. The summed E-state index contributed by atoms with van der Waals surface area (Å²) in [5.74, 6) is 0.0970. The van der Waals surface area contributed by atoms with Crippen molar-refractivity contribution in [2.45, 2.75) is 46.1 Å². The molecule has 0 saturated carbocycles. The van der Waals surface area contributed by atoms with Crippen molar-refractivity contribution in [2.75, 3.05) is 6.54 Å². The molecule has 1 amide bonds. The van der Waals surface area contributed by atoms with Gasteiger partial charge in [-0.2, -0.15) is 0 Å². The van der Waals surface area contributed by atoms with Gasteiger partial charge in [-0.15, -0.1) is 0 Å². The number of hydrogen-bond donors (Lipinski definition) is 2. The summed E-state index contributed by atoms with van der Waals surface area (Å²) in [7, 11) is 0. The van der Waals surface area contributed by atoms with Crippen LogP contribution in [0.3, 0.4) is 0 Å². The number of unbranched alkanes of at least 4 members (excludes halogenated alkanes) is 1. The smallest absolute Gasteiger partial charge is 0.234 e. The molecule has 0 heterocycles. The fourth-order valence-electron chi connectivity index (χ4n) is 1.25. The summed E-state index contributed by atoms with van der Waals surface area (Å²) in [4.78, 5) is 11.1. The lowest BCUT2D eigenvalue weighted by molar-refractivity contribution is -0.121. The topological polar surface area (TPSA) is 55.1 Å². The van der Waals surface area contributed by atoms with Gasteiger partial charge < -0.3 is 11.1 Å². The zero-order chi connectivity index (χ0) is 10.3. The second-order valence-electron chi connectivity index (χ2n) is 3.57. The molecule has 0 spiro atoms. The molecule has 78 valence electrons. The Labute approximate surface area is 81.1 Å². The molecule has 0 aromatic carbocycles. The molecule has 2 atom stereocenters. The van der Waals surface area contributed by atoms with Gasteiger partial charge in [0.25, 0.3) is 0 Å². The molecule has 0 aliphatic rings. The second-order valence-corrected chi connectivity index (χ2v) is 3.57. The molecule has 3 heteroatoms. The van der Waals surface area contributed by atoms with Crippen molar-refractivity contribution >= 4 is 5.91 Å². The molecular formula is C10H22N2O. The molecule has 0 aliphatic heterocycles. The van der Waals surface area contributed by atoms with Gasteiger partial charge >= 0.3 is 0 Å². The minimum atomic E-state index is -0.231. The highest BCUT2D eigenvalue weighted by molar-refractivity contribution is 5.80. The molecular weight excluding hydrogens is 164 g/mol. The quantitative estimate of drug-likeness (QED) is 0.588. The number of amides is 1. The first-order valence-electron chi connectivity index (χ1n) is 5.16. The van der Waals surface area contributed by atoms with Crippen molar-refractivity contribution in [1.29, 1.82) is 0 Å². The van der Waals surface area contributed by atoms with E-state index in [1.165, 1.54) is 0 Å². The van der Waals surface area contributed by atoms with Crippen molar-refractivity contribution in [2.24, 2.45) is 11.7 Å². The first-order valence-corrected chi connectivity index (χ1v) is 5.16. The van der Waals surface area contributed by atoms with Crippen LogP contribution in [0.4, 0.5) is 0 Å². The van der Waals surface area contributed by atoms with Gasteiger partial charge in [0.05, 0.1) is 6.04 Å². The Morgan fingerprint density at radius 3 is 2.46 bits per heavy atom. The predicted molar refractivity (Wildman–Crippen MR) is 55.3 cm³/mol. The highest BCUT2D eigenvalue weighted by atomic mass is 16.1. The van der Waals surface area contributed by atoms with Crippen LogP contribution in [0, 0.1) is 5.92 Å². The monoisotopic (exact) mass is 186 g/mol. The molecule has 0 radical (unpaired) electrons. The molecule has 0 rings (SSSR count). The van der Waals surface area contributed by atoms with Gasteiger partial charge in [0.15, 0.2) is 0 Å². The van der Waals surface area contributed by atoms with Gasteiger partial charge in [-0.1, -0.05) is 33.6 Å². The Balaban J connectivity index is 3.88. The van der Waals surface area contributed by atoms with Crippen molar-refractivity contribution in [3.63, 3.8) is 0 Å². The van der Waals surface area contributed by atoms with E-state index in [-0.39, 0.29) is 11.9 Å². The first kappa shape index (κ1) is 12.4. The van der Waals surface area contributed by atoms with Gasteiger partial charge in [-0.05, 0) is 18.9 Å². The molecule has 13 heavy (non-hydrogen) atoms. The van der Waals surface area contributed by atoms with E-state index in [9.17, 15) is 4.79 Å². The third-order valence-corrected chi connectivity index (χ3v) is 2.41. The zero-order valence-corrected chi connectivity index (χ0v) is 8.97. The number of nitrogens with two attached hydrogens (primary N) is 1. The second kappa shape index (κ2) is 6.89. The fourth-order valence-corrected chi connectivity index (χ4v) is 1.25. The van der Waals surface area contributed by atoms with E-state index < -0.39 is 0 Å². The number of carbonyl (C=O) groups is 1. The summed E-state index contributed by atoms with van der Waals surface area (Å²) in [6.45, 7) is 7.13. The third kappa shape index (κ3) is 4.88. The summed E-state index contributed by atoms with van der Waals surface area (Å²) >= 11 is 0. The van der Waals surface area contributed by atoms with E-state index in [4.69, 9.17) is 5.73 Å². The maximum Gasteiger partial charge on any atom is 0.234 e. The van der Waals surface area contributed by atoms with Gasteiger partial charge in [-0.3, -0.25) is 4.79 Å². The number of hydrogen-bond acceptors (Lipinski definition) is 2. The lowest BCUT2D eigenvalue weighted by Crippen LogP contribution is -2.45. The summed E-state index contributed by atoms with van der Waals surface area (Å²) in [5, 5.41) is 3.20. The zero-order valence-electron chi connectivity index (χ0n) is 8.97. The maximum absolute atomic E-state index is 11.1. The first-order chi connectivity index (χ1) is 6.13. The standard InChI is InChI=1S/C10H22N2O/c1-4-6-7-12-9(10(11)13)8(3)5-2/h8-9,12H,4-7H2,1-3H3,(H2,11,13)/t8?,9-/m0/s1. The largest absolute Gasteiger partial charge is 0.368 e. The highest BCUT2D eigenvalue weighted by Gasteiger charge is 2.19. The fraction of sp³-hybridized carbons (Fsp3) is 0.900. The normalized spacial score (nSPS) is 15.3. The summed E-state index contributed by atoms with van der Waals surface area (Å²) in [5.41, 5.74) is 5.29. The van der Waals surface area contributed by atoms with Crippen LogP contribution < -0.4 is 11.1 Å². The molecule has 0 aromatic heterocycles. The maximum atomic E-state index is 11.1. The molecule has 0 aromatic rings. The van der Waals surface area contributed by atoms with Crippen molar-refractivity contribution in [3.8, 4) is 0 Å². The minimum absolute atomic E-state index is 0.156. The van der Waals surface area contributed by atoms with E-state index in [0.717, 1.165) is 25.8 Å². The number of carbonyl (C=O) groups excluding carboxylic acids is 1. The van der Waals surface area contributed by atoms with Crippen molar-refractivity contribution in [3.05, 3.63) is 0 Å². The van der Waals surface area contributed by atoms with Crippen LogP contribution in [-0.4, -0.2) is 18.5 Å². The van der Waals surface area contributed by atoms with Gasteiger partial charge in [0.1, 0.15) is 0 Å². The van der Waals surface area contributed by atoms with E-state index in [0.29, 0.717) is 5.92 Å². The van der Waals surface area contributed by atoms with Gasteiger partial charge in [0, 0.05) is 0 Å². The lowest BCUT2D eigenvalue weighted by Gasteiger charge is -2.20. The van der Waals surface area contributed by atoms with Crippen LogP contribution in [0.15, 0.2) is 0 Å². The summed E-state index contributed by atoms with van der Waals surface area (Å²) < 4.78 is 0. The molecule has 0 saturated heterocycles. The molecule has 3 nitrogen and oxygen atoms in total. The van der Waals surface area contributed by atoms with E-state index >= 15 is 0 Å². The van der Waals surface area contributed by atoms with Gasteiger partial charge in [0.2, 0.25) is 5.91 Å². The van der Waals surface area contributed by atoms with Crippen LogP contribution in [0.5, 0.6) is 0 Å². The van der Waals surface area contributed by atoms with Gasteiger partial charge in [-0.25, -0.2) is 0 Å². The van der Waals surface area contributed by atoms with Crippen molar-refractivity contribution in [1.82, 2.24) is 5.32 Å². The van der Waals surface area contributed by atoms with E-state index in [1.807, 2.05) is 6.92 Å². The Hall–Kier alpha value is -0.570. The predicted octanol–water partition coefficient (Wildman–Crippen LogP) is 1.28. The molecule has 0 aliphatic carbocycles. The van der Waals surface area contributed by atoms with Crippen LogP contribution in [0.1, 0.15) is 40.0 Å². The van der Waals surface area contributed by atoms with Crippen LogP contribution in [-0.2, 0) is 4.79 Å². The van der Waals surface area contributed by atoms with E-state index in [1.54, 1.807) is 0 Å². The Morgan fingerprint density at radius 2 is 2.08 bits per heavy atom. The Morgan fingerprint density at radius 1 is 1.46 bits per heavy atom. The Kier molecular flexibility index (Phi) is 6.59. The van der Waals surface area contributed by atoms with Crippen LogP contribution in [0.2, 0.25) is 0 Å². The van der Waals surface area contributed by atoms with Crippen LogP contribution >= 0.6 is 0 Å². The SMILES string of the molecule is CCCCN[C@H](C(N)=O)C(C)CC. The molecule has 3 N–H and O–H groups in total. The average Bonchev–Trinajstić information content (AvgIpc) is 2.11. The number of rotatable bonds is 7. The minimum Gasteiger partial charge on any atom is -0.368 e. The highest BCUT2D eigenvalue weighted by Crippen LogP contribution is 2.07. The molecule has 1 unspecified atom stereocenters. The number of nitrogens with one attached hydrogen (secondary N) is 1. The van der Waals surface area contributed by atoms with Crippen molar-refractivity contribution < 1.29 is 4.79 Å². The van der Waals surface area contributed by atoms with E-state index in [2.05, 4.69) is 19.2 Å². The third-order valence-electron chi connectivity index (χ3n) is 2.41. The summed E-state index contributed by atoms with van der Waals surface area (Å²) in [6, 6.07) is -0.156. The molecule has 0 bridgehead atoms. The number of primary amides is 1.